The number of methoxy groups -OCH3 is 1. The number of rotatable bonds is 4. The number of hydrogen-bond acceptors (Lipinski definition) is 8. The van der Waals surface area contributed by atoms with Crippen molar-refractivity contribution >= 4 is 17.5 Å². The van der Waals surface area contributed by atoms with E-state index in [0.29, 0.717) is 22.6 Å². The number of pyridine rings is 1. The molecular weight excluding hydrogens is 360 g/mol. The molecule has 0 saturated carbocycles. The Morgan fingerprint density at radius 1 is 1.32 bits per heavy atom. The van der Waals surface area contributed by atoms with Gasteiger partial charge in [-0.05, 0) is 31.5 Å². The minimum Gasteiger partial charge on any atom is -0.497 e. The second-order valence-electron chi connectivity index (χ2n) is 6.11. The molecule has 0 spiro atoms. The van der Waals surface area contributed by atoms with Crippen LogP contribution in [0.3, 0.4) is 0 Å². The van der Waals surface area contributed by atoms with Crippen LogP contribution in [0, 0.1) is 11.3 Å². The number of esters is 1. The fraction of sp³-hybridized carbons (Fsp3) is 0.250. The number of allylic oxidation sites excluding steroid dienone is 1. The number of nitrogens with zero attached hydrogens (tertiary/aromatic N) is 2. The van der Waals surface area contributed by atoms with E-state index < -0.39 is 11.9 Å². The van der Waals surface area contributed by atoms with Gasteiger partial charge in [0, 0.05) is 0 Å². The molecule has 28 heavy (non-hydrogen) atoms. The molecule has 1 atom stereocenters. The third-order valence-corrected chi connectivity index (χ3v) is 4.53. The lowest BCUT2D eigenvalue weighted by Gasteiger charge is -2.29. The van der Waals surface area contributed by atoms with Gasteiger partial charge in [-0.2, -0.15) is 10.2 Å². The van der Waals surface area contributed by atoms with Crippen LogP contribution in [-0.2, 0) is 9.53 Å². The number of anilines is 2. The van der Waals surface area contributed by atoms with Gasteiger partial charge >= 0.3 is 5.97 Å². The van der Waals surface area contributed by atoms with Crippen molar-refractivity contribution in [2.45, 2.75) is 19.8 Å². The zero-order chi connectivity index (χ0) is 20.4. The Morgan fingerprint density at radius 2 is 2.00 bits per heavy atom. The molecule has 1 unspecified atom stereocenters. The van der Waals surface area contributed by atoms with Crippen LogP contribution < -0.4 is 20.9 Å². The van der Waals surface area contributed by atoms with E-state index >= 15 is 0 Å². The summed E-state index contributed by atoms with van der Waals surface area (Å²) < 4.78 is 16.2. The monoisotopic (exact) mass is 380 g/mol. The van der Waals surface area contributed by atoms with Gasteiger partial charge in [0.25, 0.3) is 0 Å². The molecule has 1 aliphatic heterocycles. The summed E-state index contributed by atoms with van der Waals surface area (Å²) in [6.07, 6.45) is 0. The summed E-state index contributed by atoms with van der Waals surface area (Å²) in [6.45, 7) is 3.58. The zero-order valence-corrected chi connectivity index (χ0v) is 15.8. The van der Waals surface area contributed by atoms with Crippen molar-refractivity contribution in [3.05, 3.63) is 52.3 Å². The summed E-state index contributed by atoms with van der Waals surface area (Å²) in [5.74, 6) is -0.0200. The maximum Gasteiger partial charge on any atom is 0.338 e. The number of aromatic nitrogens is 1. The van der Waals surface area contributed by atoms with Crippen molar-refractivity contribution < 1.29 is 19.0 Å². The lowest BCUT2D eigenvalue weighted by Crippen LogP contribution is -2.25. The quantitative estimate of drug-likeness (QED) is 0.773. The number of carbonyl (C=O) groups excluding carboxylic acids is 1. The molecule has 2 heterocycles. The molecule has 3 rings (SSSR count). The van der Waals surface area contributed by atoms with Gasteiger partial charge in [-0.3, -0.25) is 0 Å². The van der Waals surface area contributed by atoms with E-state index in [1.165, 1.54) is 0 Å². The first-order chi connectivity index (χ1) is 13.4. The molecule has 8 nitrogen and oxygen atoms in total. The number of nitrogen functional groups attached to an aromatic ring is 2. The number of benzene rings is 1. The molecule has 0 aliphatic carbocycles. The molecule has 0 saturated heterocycles. The Hall–Kier alpha value is -3.73. The van der Waals surface area contributed by atoms with E-state index in [2.05, 4.69) is 4.98 Å². The Kier molecular flexibility index (Phi) is 5.09. The van der Waals surface area contributed by atoms with Crippen molar-refractivity contribution in [2.24, 2.45) is 0 Å². The zero-order valence-electron chi connectivity index (χ0n) is 15.8. The van der Waals surface area contributed by atoms with E-state index in [0.717, 1.165) is 5.56 Å². The lowest BCUT2D eigenvalue weighted by atomic mass is 9.81. The molecule has 1 aliphatic rings. The van der Waals surface area contributed by atoms with Crippen LogP contribution in [0.15, 0.2) is 35.6 Å². The SMILES string of the molecule is CCOC(=O)C1=C(C)Oc2nc(N)c(C#N)c(N)c2C1c1ccc(OC)cc1. The summed E-state index contributed by atoms with van der Waals surface area (Å²) >= 11 is 0. The number of fused-ring (bicyclic) bond motifs is 1. The third kappa shape index (κ3) is 3.07. The molecule has 0 amide bonds. The molecule has 0 bridgehead atoms. The lowest BCUT2D eigenvalue weighted by molar-refractivity contribution is -0.139. The van der Waals surface area contributed by atoms with Crippen LogP contribution >= 0.6 is 0 Å². The largest absolute Gasteiger partial charge is 0.497 e. The fourth-order valence-corrected chi connectivity index (χ4v) is 3.24. The smallest absolute Gasteiger partial charge is 0.338 e. The first-order valence-corrected chi connectivity index (χ1v) is 8.61. The summed E-state index contributed by atoms with van der Waals surface area (Å²) in [6, 6.07) is 9.13. The highest BCUT2D eigenvalue weighted by atomic mass is 16.5. The molecule has 1 aromatic carbocycles. The predicted molar refractivity (Wildman–Crippen MR) is 103 cm³/mol. The fourth-order valence-electron chi connectivity index (χ4n) is 3.24. The van der Waals surface area contributed by atoms with Gasteiger partial charge in [0.1, 0.15) is 29.0 Å². The molecule has 0 fully saturated rings. The maximum absolute atomic E-state index is 12.7. The maximum atomic E-state index is 12.7. The van der Waals surface area contributed by atoms with Crippen molar-refractivity contribution in [3.8, 4) is 17.7 Å². The number of ether oxygens (including phenoxy) is 3. The normalized spacial score (nSPS) is 15.3. The third-order valence-electron chi connectivity index (χ3n) is 4.53. The van der Waals surface area contributed by atoms with Crippen molar-refractivity contribution in [2.75, 3.05) is 25.2 Å². The molecule has 0 radical (unpaired) electrons. The average molecular weight is 380 g/mol. The van der Waals surface area contributed by atoms with Crippen molar-refractivity contribution in [1.82, 2.24) is 4.98 Å². The van der Waals surface area contributed by atoms with Gasteiger partial charge in [0.15, 0.2) is 0 Å². The number of carbonyl (C=O) groups is 1. The van der Waals surface area contributed by atoms with Crippen LogP contribution in [0.1, 0.15) is 36.5 Å². The summed E-state index contributed by atoms with van der Waals surface area (Å²) in [5.41, 5.74) is 13.7. The molecule has 4 N–H and O–H groups in total. The standard InChI is InChI=1S/C20H20N4O4/c1-4-27-20(25)14-10(2)28-19-16(17(22)13(9-21)18(23)24-19)15(14)11-5-7-12(26-3)8-6-11/h5-8,15H,4H2,1-3H3,(H4,22,23,24). The minimum absolute atomic E-state index is 0.0281. The number of nitrogens with two attached hydrogens (primary N) is 2. The molecule has 144 valence electrons. The second-order valence-corrected chi connectivity index (χ2v) is 6.11. The minimum atomic E-state index is -0.631. The van der Waals surface area contributed by atoms with E-state index in [1.54, 1.807) is 33.1 Å². The van der Waals surface area contributed by atoms with Crippen LogP contribution in [0.25, 0.3) is 0 Å². The highest BCUT2D eigenvalue weighted by Gasteiger charge is 2.38. The van der Waals surface area contributed by atoms with E-state index in [1.807, 2.05) is 18.2 Å². The topological polar surface area (TPSA) is 133 Å². The van der Waals surface area contributed by atoms with Crippen LogP contribution in [0.4, 0.5) is 11.5 Å². The van der Waals surface area contributed by atoms with Gasteiger partial charge in [-0.15, -0.1) is 0 Å². The van der Waals surface area contributed by atoms with Gasteiger partial charge in [0.05, 0.1) is 36.5 Å². The Balaban J connectivity index is 2.29. The van der Waals surface area contributed by atoms with Gasteiger partial charge in [-0.25, -0.2) is 4.79 Å². The van der Waals surface area contributed by atoms with Crippen LogP contribution in [0.2, 0.25) is 0 Å². The van der Waals surface area contributed by atoms with Crippen molar-refractivity contribution in [3.63, 3.8) is 0 Å². The summed E-state index contributed by atoms with van der Waals surface area (Å²) in [7, 11) is 1.57. The van der Waals surface area contributed by atoms with E-state index in [-0.39, 0.29) is 29.6 Å². The summed E-state index contributed by atoms with van der Waals surface area (Å²) in [5, 5.41) is 9.43. The highest BCUT2D eigenvalue weighted by Crippen LogP contribution is 2.47. The van der Waals surface area contributed by atoms with Gasteiger partial charge in [0.2, 0.25) is 5.88 Å². The second kappa shape index (κ2) is 7.48. The molecular formula is C20H20N4O4. The number of nitriles is 1. The highest BCUT2D eigenvalue weighted by molar-refractivity contribution is 5.93. The first kappa shape index (κ1) is 19.0. The summed E-state index contributed by atoms with van der Waals surface area (Å²) in [4.78, 5) is 16.9. The van der Waals surface area contributed by atoms with E-state index in [4.69, 9.17) is 25.7 Å². The van der Waals surface area contributed by atoms with Crippen LogP contribution in [-0.4, -0.2) is 24.7 Å². The molecule has 1 aromatic heterocycles. The van der Waals surface area contributed by atoms with Crippen molar-refractivity contribution in [1.29, 1.82) is 5.26 Å². The van der Waals surface area contributed by atoms with E-state index in [9.17, 15) is 10.1 Å². The van der Waals surface area contributed by atoms with Crippen LogP contribution in [0.5, 0.6) is 11.6 Å². The van der Waals surface area contributed by atoms with Gasteiger partial charge < -0.3 is 25.7 Å². The average Bonchev–Trinajstić information content (AvgIpc) is 2.67. The Bertz CT molecular complexity index is 1010. The molecule has 8 heteroatoms. The Labute approximate surface area is 162 Å². The predicted octanol–water partition coefficient (Wildman–Crippen LogP) is 2.49. The van der Waals surface area contributed by atoms with Gasteiger partial charge in [-0.1, -0.05) is 12.1 Å². The molecule has 2 aromatic rings. The number of hydrogen-bond donors (Lipinski definition) is 2. The first-order valence-electron chi connectivity index (χ1n) is 8.61. The Morgan fingerprint density at radius 3 is 2.57 bits per heavy atom.